The number of fused-ring (bicyclic) bond motifs is 2. The number of carbonyl (C=O) groups is 1. The zero-order valence-corrected chi connectivity index (χ0v) is 18.4. The molecule has 1 spiro atoms. The smallest absolute Gasteiger partial charge is 0.262 e. The molecule has 10 nitrogen and oxygen atoms in total. The highest BCUT2D eigenvalue weighted by Crippen LogP contribution is 2.41. The Morgan fingerprint density at radius 3 is 2.57 bits per heavy atom. The van der Waals surface area contributed by atoms with Gasteiger partial charge in [-0.25, -0.2) is 18.4 Å². The number of aryl methyl sites for hydroxylation is 1. The predicted octanol–water partition coefficient (Wildman–Crippen LogP) is 0.564. The van der Waals surface area contributed by atoms with Crippen LogP contribution in [-0.2, 0) is 38.7 Å². The minimum absolute atomic E-state index is 0.0396. The van der Waals surface area contributed by atoms with Crippen molar-refractivity contribution in [1.29, 1.82) is 0 Å². The van der Waals surface area contributed by atoms with Gasteiger partial charge < -0.3 is 18.8 Å². The molecule has 2 aromatic rings. The van der Waals surface area contributed by atoms with E-state index in [-0.39, 0.29) is 24.0 Å². The highest BCUT2D eigenvalue weighted by atomic mass is 32.2. The van der Waals surface area contributed by atoms with Gasteiger partial charge in [0.25, 0.3) is 15.9 Å². The monoisotopic (exact) mass is 436 g/mol. The molecule has 0 aliphatic carbocycles. The fourth-order valence-electron chi connectivity index (χ4n) is 4.35. The van der Waals surface area contributed by atoms with E-state index in [2.05, 4.69) is 9.97 Å². The number of hydrogen-bond acceptors (Lipinski definition) is 6. The number of nitrogens with zero attached hydrogens (tertiary/aromatic N) is 6. The predicted molar refractivity (Wildman–Crippen MR) is 108 cm³/mol. The van der Waals surface area contributed by atoms with Crippen LogP contribution in [0.3, 0.4) is 0 Å². The second kappa shape index (κ2) is 7.78. The van der Waals surface area contributed by atoms with Gasteiger partial charge in [-0.2, -0.15) is 4.31 Å². The Morgan fingerprint density at radius 1 is 1.27 bits per heavy atom. The van der Waals surface area contributed by atoms with E-state index in [0.717, 1.165) is 5.82 Å². The first kappa shape index (κ1) is 21.0. The van der Waals surface area contributed by atoms with Crippen molar-refractivity contribution < 1.29 is 17.9 Å². The van der Waals surface area contributed by atoms with Crippen LogP contribution in [0.1, 0.15) is 32.5 Å². The summed E-state index contributed by atoms with van der Waals surface area (Å²) >= 11 is 0. The first-order chi connectivity index (χ1) is 14.3. The molecule has 0 saturated carbocycles. The minimum Gasteiger partial charge on any atom is -0.352 e. The molecule has 0 bridgehead atoms. The molecule has 1 amide bonds. The number of carbonyl (C=O) groups excluding carboxylic acids is 1. The van der Waals surface area contributed by atoms with Gasteiger partial charge in [0.2, 0.25) is 0 Å². The lowest BCUT2D eigenvalue weighted by Crippen LogP contribution is -2.55. The first-order valence-electron chi connectivity index (χ1n) is 10.3. The van der Waals surface area contributed by atoms with Crippen molar-refractivity contribution in [2.24, 2.45) is 7.05 Å². The number of hydrogen-bond donors (Lipinski definition) is 0. The van der Waals surface area contributed by atoms with E-state index in [0.29, 0.717) is 32.5 Å². The van der Waals surface area contributed by atoms with Crippen LogP contribution < -0.4 is 0 Å². The molecule has 11 heteroatoms. The van der Waals surface area contributed by atoms with Gasteiger partial charge in [-0.05, 0) is 26.7 Å². The van der Waals surface area contributed by atoms with Crippen LogP contribution in [0.5, 0.6) is 0 Å². The Morgan fingerprint density at radius 2 is 1.97 bits per heavy atom. The lowest BCUT2D eigenvalue weighted by molar-refractivity contribution is -0.178. The zero-order chi connectivity index (χ0) is 21.5. The Bertz CT molecular complexity index is 1020. The summed E-state index contributed by atoms with van der Waals surface area (Å²) in [4.78, 5) is 23.2. The Balaban J connectivity index is 1.57. The van der Waals surface area contributed by atoms with E-state index < -0.39 is 21.7 Å². The maximum absolute atomic E-state index is 13.0. The van der Waals surface area contributed by atoms with E-state index >= 15 is 0 Å². The molecule has 0 radical (unpaired) electrons. The van der Waals surface area contributed by atoms with Crippen molar-refractivity contribution in [2.45, 2.75) is 50.0 Å². The summed E-state index contributed by atoms with van der Waals surface area (Å²) in [6, 6.07) is 0. The maximum Gasteiger partial charge on any atom is 0.262 e. The Kier molecular flexibility index (Phi) is 5.45. The summed E-state index contributed by atoms with van der Waals surface area (Å²) in [5.74, 6) is 0.725. The third kappa shape index (κ3) is 3.44. The number of aromatic nitrogens is 4. The molecular weight excluding hydrogens is 408 g/mol. The van der Waals surface area contributed by atoms with E-state index in [9.17, 15) is 13.2 Å². The molecule has 2 aliphatic rings. The first-order valence-corrected chi connectivity index (χ1v) is 11.7. The van der Waals surface area contributed by atoms with E-state index in [1.807, 2.05) is 24.6 Å². The fraction of sp³-hybridized carbons (Fsp3) is 0.632. The number of rotatable bonds is 5. The molecule has 1 saturated heterocycles. The Hall–Kier alpha value is -2.24. The van der Waals surface area contributed by atoms with E-state index in [4.69, 9.17) is 4.74 Å². The Labute approximate surface area is 176 Å². The number of imidazole rings is 2. The molecule has 164 valence electrons. The van der Waals surface area contributed by atoms with Crippen molar-refractivity contribution >= 4 is 15.9 Å². The van der Waals surface area contributed by atoms with Crippen LogP contribution in [0.2, 0.25) is 0 Å². The van der Waals surface area contributed by atoms with Crippen LogP contribution in [0.15, 0.2) is 29.9 Å². The summed E-state index contributed by atoms with van der Waals surface area (Å²) < 4.78 is 37.3. The van der Waals surface area contributed by atoms with Gasteiger partial charge in [-0.15, -0.1) is 0 Å². The van der Waals surface area contributed by atoms with Crippen molar-refractivity contribution in [2.75, 3.05) is 26.2 Å². The van der Waals surface area contributed by atoms with Crippen molar-refractivity contribution in [1.82, 2.24) is 28.3 Å². The van der Waals surface area contributed by atoms with Gasteiger partial charge in [-0.1, -0.05) is 0 Å². The van der Waals surface area contributed by atoms with Gasteiger partial charge in [0, 0.05) is 51.8 Å². The third-order valence-corrected chi connectivity index (χ3v) is 7.80. The average Bonchev–Trinajstić information content (AvgIpc) is 3.39. The fourth-order valence-corrected chi connectivity index (χ4v) is 5.76. The summed E-state index contributed by atoms with van der Waals surface area (Å²) in [6.45, 7) is 6.11. The minimum atomic E-state index is -3.67. The highest BCUT2D eigenvalue weighted by molar-refractivity contribution is 7.89. The molecular formula is C19H28N6O4S. The van der Waals surface area contributed by atoms with Gasteiger partial charge in [0.1, 0.15) is 11.4 Å². The molecule has 0 N–H and O–H groups in total. The van der Waals surface area contributed by atoms with Crippen LogP contribution in [0.4, 0.5) is 0 Å². The number of amides is 1. The van der Waals surface area contributed by atoms with Crippen LogP contribution in [-0.4, -0.2) is 74.9 Å². The summed E-state index contributed by atoms with van der Waals surface area (Å²) in [7, 11) is -1.93. The second-order valence-corrected chi connectivity index (χ2v) is 9.68. The van der Waals surface area contributed by atoms with Crippen molar-refractivity contribution in [3.63, 3.8) is 0 Å². The lowest BCUT2D eigenvalue weighted by atomic mass is 9.89. The maximum atomic E-state index is 13.0. The number of sulfonamides is 1. The molecule has 30 heavy (non-hydrogen) atoms. The molecule has 4 rings (SSSR count). The number of likely N-dealkylation sites (N-methyl/N-ethyl adjacent to an activating group) is 1. The van der Waals surface area contributed by atoms with Crippen LogP contribution >= 0.6 is 0 Å². The lowest BCUT2D eigenvalue weighted by Gasteiger charge is -2.45. The molecule has 4 heterocycles. The summed E-state index contributed by atoms with van der Waals surface area (Å²) in [5, 5.41) is 0.0431. The van der Waals surface area contributed by atoms with Gasteiger partial charge >= 0.3 is 0 Å². The molecule has 2 aliphatic heterocycles. The zero-order valence-electron chi connectivity index (χ0n) is 17.6. The van der Waals surface area contributed by atoms with Gasteiger partial charge in [-0.3, -0.25) is 4.79 Å². The van der Waals surface area contributed by atoms with E-state index in [1.54, 1.807) is 22.7 Å². The molecule has 0 aromatic carbocycles. The highest BCUT2D eigenvalue weighted by Gasteiger charge is 2.49. The topological polar surface area (TPSA) is 103 Å². The average molecular weight is 437 g/mol. The normalized spacial score (nSPS) is 21.5. The molecule has 1 fully saturated rings. The second-order valence-electron chi connectivity index (χ2n) is 7.80. The summed E-state index contributed by atoms with van der Waals surface area (Å²) in [6.07, 6.45) is 6.80. The largest absolute Gasteiger partial charge is 0.352 e. The molecule has 2 aromatic heterocycles. The quantitative estimate of drug-likeness (QED) is 0.679. The van der Waals surface area contributed by atoms with Crippen LogP contribution in [0.25, 0.3) is 0 Å². The van der Waals surface area contributed by atoms with Gasteiger partial charge in [0.05, 0.1) is 12.9 Å². The van der Waals surface area contributed by atoms with Crippen molar-refractivity contribution in [3.8, 4) is 0 Å². The summed E-state index contributed by atoms with van der Waals surface area (Å²) in [5.41, 5.74) is -0.772. The molecule has 0 unspecified atom stereocenters. The standard InChI is InChI=1S/C19H28N6O4S/c1-4-23(5-2)17(26)15-12-24-11-8-20-18(24)19(29-15)6-9-25(10-7-19)30(27,28)16-13-22(3)14-21-16/h8,11,13-15H,4-7,9-10,12H2,1-3H3/t15-/m1/s1. The van der Waals surface area contributed by atoms with Gasteiger partial charge in [0.15, 0.2) is 11.1 Å². The number of ether oxygens (including phenoxy) is 1. The molecule has 1 atom stereocenters. The van der Waals surface area contributed by atoms with E-state index in [1.165, 1.54) is 16.8 Å². The van der Waals surface area contributed by atoms with Crippen LogP contribution in [0, 0.1) is 0 Å². The number of piperidine rings is 1. The third-order valence-electron chi connectivity index (χ3n) is 6.02. The van der Waals surface area contributed by atoms with Crippen molar-refractivity contribution in [3.05, 3.63) is 30.7 Å². The SMILES string of the molecule is CCN(CC)C(=O)[C@H]1Cn2ccnc2C2(CCN(S(=O)(=O)c3cn(C)cn3)CC2)O1.